The van der Waals surface area contributed by atoms with E-state index in [0.717, 1.165) is 0 Å². The van der Waals surface area contributed by atoms with E-state index in [2.05, 4.69) is 35.8 Å². The van der Waals surface area contributed by atoms with Gasteiger partial charge in [-0.3, -0.25) is 0 Å². The first-order chi connectivity index (χ1) is 4.22. The molecule has 0 aliphatic rings. The zero-order valence-corrected chi connectivity index (χ0v) is 13.0. The van der Waals surface area contributed by atoms with Gasteiger partial charge >= 0.3 is 58.2 Å². The molecule has 2 heteroatoms. The van der Waals surface area contributed by atoms with Gasteiger partial charge in [0.2, 0.25) is 0 Å². The Morgan fingerprint density at radius 3 is 2.40 bits per heavy atom. The molecule has 0 aromatic heterocycles. The zero-order chi connectivity index (χ0) is 6.85. The van der Waals surface area contributed by atoms with E-state index in [-0.39, 0.29) is 58.2 Å². The van der Waals surface area contributed by atoms with Crippen molar-refractivity contribution in [1.29, 1.82) is 0 Å². The summed E-state index contributed by atoms with van der Waals surface area (Å²) < 4.78 is 1.17. The van der Waals surface area contributed by atoms with Crippen molar-refractivity contribution < 1.29 is 58.2 Å². The largest absolute Gasteiger partial charge is 1.00 e. The van der Waals surface area contributed by atoms with E-state index in [9.17, 15) is 0 Å². The van der Waals surface area contributed by atoms with Crippen LogP contribution in [-0.4, -0.2) is 0 Å². The van der Waals surface area contributed by atoms with E-state index in [0.29, 0.717) is 0 Å². The molecule has 0 aliphatic heterocycles. The van der Waals surface area contributed by atoms with Crippen molar-refractivity contribution in [3.8, 4) is 0 Å². The van der Waals surface area contributed by atoms with Crippen molar-refractivity contribution >= 4 is 15.9 Å². The van der Waals surface area contributed by atoms with E-state index >= 15 is 0 Å². The first-order valence-electron chi connectivity index (χ1n) is 2.85. The Balaban J connectivity index is 0.000000810. The molecule has 1 rings (SSSR count). The van der Waals surface area contributed by atoms with Crippen LogP contribution in [0.5, 0.6) is 0 Å². The normalized spacial score (nSPS) is 8.70. The van der Waals surface area contributed by atoms with Crippen LogP contribution in [0.15, 0.2) is 16.6 Å². The van der Waals surface area contributed by atoms with Gasteiger partial charge in [-0.1, -0.05) is 34.3 Å². The Morgan fingerprint density at radius 1 is 1.40 bits per heavy atom. The van der Waals surface area contributed by atoms with Crippen molar-refractivity contribution in [1.82, 2.24) is 0 Å². The second-order valence-electron chi connectivity index (χ2n) is 2.08. The Kier molecular flexibility index (Phi) is 5.99. The van der Waals surface area contributed by atoms with Crippen molar-refractivity contribution in [2.24, 2.45) is 0 Å². The summed E-state index contributed by atoms with van der Waals surface area (Å²) >= 11 is 3.43. The third kappa shape index (κ3) is 2.86. The van der Waals surface area contributed by atoms with Crippen molar-refractivity contribution in [3.63, 3.8) is 0 Å². The molecular formula is C8H8BrRb. The molecule has 0 saturated heterocycles. The summed E-state index contributed by atoms with van der Waals surface area (Å²) in [6, 6.07) is 7.04. The summed E-state index contributed by atoms with van der Waals surface area (Å²) in [7, 11) is 0. The molecule has 0 saturated carbocycles. The van der Waals surface area contributed by atoms with Crippen LogP contribution in [-0.2, 0) is 0 Å². The van der Waals surface area contributed by atoms with Crippen LogP contribution in [0.1, 0.15) is 11.1 Å². The fraction of sp³-hybridized carbons (Fsp3) is 0.250. The van der Waals surface area contributed by atoms with E-state index in [4.69, 9.17) is 0 Å². The summed E-state index contributed by atoms with van der Waals surface area (Å²) in [5, 5.41) is 0. The molecule has 0 fully saturated rings. The predicted molar refractivity (Wildman–Crippen MR) is 42.5 cm³/mol. The van der Waals surface area contributed by atoms with Crippen molar-refractivity contribution in [2.45, 2.75) is 13.8 Å². The summed E-state index contributed by atoms with van der Waals surface area (Å²) in [5.74, 6) is 0. The number of halogens is 1. The maximum atomic E-state index is 3.43. The maximum absolute atomic E-state index is 3.43. The zero-order valence-electron chi connectivity index (χ0n) is 6.53. The minimum Gasteiger partial charge on any atom is -0.180 e. The third-order valence-electron chi connectivity index (χ3n) is 1.45. The number of benzene rings is 1. The number of aryl methyl sites for hydroxylation is 1. The van der Waals surface area contributed by atoms with Gasteiger partial charge < -0.3 is 0 Å². The van der Waals surface area contributed by atoms with E-state index in [1.165, 1.54) is 15.6 Å². The average Bonchev–Trinajstić information content (AvgIpc) is 1.83. The fourth-order valence-electron chi connectivity index (χ4n) is 0.652. The molecule has 0 amide bonds. The summed E-state index contributed by atoms with van der Waals surface area (Å²) in [5.41, 5.74) is 2.49. The van der Waals surface area contributed by atoms with Gasteiger partial charge in [-0.2, -0.15) is 23.8 Å². The minimum absolute atomic E-state index is 0. The van der Waals surface area contributed by atoms with Crippen LogP contribution in [0.4, 0.5) is 0 Å². The van der Waals surface area contributed by atoms with Crippen molar-refractivity contribution in [3.05, 3.63) is 33.8 Å². The SMILES string of the molecule is Cc1[c-]ccc(Br)c1C.[Rb+]. The molecule has 0 N–H and O–H groups in total. The first kappa shape index (κ1) is 11.5. The fourth-order valence-corrected chi connectivity index (χ4v) is 1.08. The van der Waals surface area contributed by atoms with Crippen LogP contribution in [0.3, 0.4) is 0 Å². The monoisotopic (exact) mass is 268 g/mol. The van der Waals surface area contributed by atoms with E-state index < -0.39 is 0 Å². The smallest absolute Gasteiger partial charge is 0.180 e. The quantitative estimate of drug-likeness (QED) is 0.576. The minimum atomic E-state index is 0. The Labute approximate surface area is 119 Å². The van der Waals surface area contributed by atoms with Gasteiger partial charge in [-0.25, -0.2) is 0 Å². The summed E-state index contributed by atoms with van der Waals surface area (Å²) in [6.07, 6.45) is 0. The molecule has 10 heavy (non-hydrogen) atoms. The van der Waals surface area contributed by atoms with Crippen molar-refractivity contribution in [2.75, 3.05) is 0 Å². The van der Waals surface area contributed by atoms with E-state index in [1.54, 1.807) is 0 Å². The van der Waals surface area contributed by atoms with Gasteiger partial charge in [0.05, 0.1) is 0 Å². The number of hydrogen-bond donors (Lipinski definition) is 0. The molecule has 1 aromatic carbocycles. The molecule has 0 unspecified atom stereocenters. The second kappa shape index (κ2) is 5.20. The third-order valence-corrected chi connectivity index (χ3v) is 2.31. The van der Waals surface area contributed by atoms with Crippen LogP contribution in [0.2, 0.25) is 0 Å². The molecule has 0 spiro atoms. The van der Waals surface area contributed by atoms with Gasteiger partial charge in [0.25, 0.3) is 0 Å². The predicted octanol–water partition coefficient (Wildman–Crippen LogP) is -0.130. The summed E-state index contributed by atoms with van der Waals surface area (Å²) in [6.45, 7) is 4.13. The molecule has 48 valence electrons. The topological polar surface area (TPSA) is 0 Å². The van der Waals surface area contributed by atoms with E-state index in [1.807, 2.05) is 12.1 Å². The molecule has 0 nitrogen and oxygen atoms in total. The standard InChI is InChI=1S/C8H8Br.Rb/c1-6-4-3-5-8(9)7(6)2;/h3,5H,1-2H3;/q-1;+1. The van der Waals surface area contributed by atoms with Crippen LogP contribution < -0.4 is 58.2 Å². The average molecular weight is 270 g/mol. The van der Waals surface area contributed by atoms with Gasteiger partial charge in [0, 0.05) is 0 Å². The molecule has 0 bridgehead atoms. The number of hydrogen-bond acceptors (Lipinski definition) is 0. The van der Waals surface area contributed by atoms with Gasteiger partial charge in [0.1, 0.15) is 0 Å². The van der Waals surface area contributed by atoms with Gasteiger partial charge in [-0.05, 0) is 0 Å². The molecule has 0 radical (unpaired) electrons. The first-order valence-corrected chi connectivity index (χ1v) is 3.64. The molecule has 0 atom stereocenters. The molecule has 1 aromatic rings. The second-order valence-corrected chi connectivity index (χ2v) is 2.93. The Hall–Kier alpha value is 1.51. The molecular weight excluding hydrogens is 261 g/mol. The van der Waals surface area contributed by atoms with Crippen LogP contribution in [0, 0.1) is 19.9 Å². The maximum Gasteiger partial charge on any atom is 1.00 e. The van der Waals surface area contributed by atoms with Gasteiger partial charge in [-0.15, -0.1) is 5.56 Å². The Bertz CT molecular complexity index is 200. The van der Waals surface area contributed by atoms with Crippen LogP contribution in [0.25, 0.3) is 0 Å². The number of rotatable bonds is 0. The Morgan fingerprint density at radius 2 is 2.00 bits per heavy atom. The van der Waals surface area contributed by atoms with Gasteiger partial charge in [0.15, 0.2) is 0 Å². The van der Waals surface area contributed by atoms with Crippen LogP contribution >= 0.6 is 15.9 Å². The summed E-state index contributed by atoms with van der Waals surface area (Å²) in [4.78, 5) is 0. The molecule has 0 heterocycles. The molecule has 0 aliphatic carbocycles.